The fourth-order valence-electron chi connectivity index (χ4n) is 1.93. The maximum atomic E-state index is 5.12. The lowest BCUT2D eigenvalue weighted by molar-refractivity contribution is 0.415. The summed E-state index contributed by atoms with van der Waals surface area (Å²) in [6.07, 6.45) is 1.75. The number of thiazole rings is 1. The first-order valence-electron chi connectivity index (χ1n) is 6.89. The molecule has 3 rings (SSSR count). The van der Waals surface area contributed by atoms with Crippen LogP contribution in [0.5, 0.6) is 5.75 Å². The second kappa shape index (κ2) is 8.96. The van der Waals surface area contributed by atoms with Crippen LogP contribution in [0.25, 0.3) is 11.3 Å². The molecule has 24 heavy (non-hydrogen) atoms. The largest absolute Gasteiger partial charge is 0.497 e. The van der Waals surface area contributed by atoms with Crippen LogP contribution in [-0.4, -0.2) is 18.3 Å². The van der Waals surface area contributed by atoms with Crippen molar-refractivity contribution in [3.05, 3.63) is 63.9 Å². The van der Waals surface area contributed by atoms with E-state index in [0.29, 0.717) is 0 Å². The van der Waals surface area contributed by atoms with E-state index in [1.807, 2.05) is 53.9 Å². The maximum absolute atomic E-state index is 5.12. The van der Waals surface area contributed by atoms with E-state index in [4.69, 9.17) is 4.74 Å². The van der Waals surface area contributed by atoms with E-state index in [-0.39, 0.29) is 17.0 Å². The SMILES string of the molecule is Br.COc1ccc(/C=N/Nc2nc(-c3ccc(Br)cc3)cs2)cc1. The van der Waals surface area contributed by atoms with Gasteiger partial charge in [0, 0.05) is 15.4 Å². The van der Waals surface area contributed by atoms with Gasteiger partial charge in [-0.2, -0.15) is 5.10 Å². The minimum atomic E-state index is 0. The molecule has 0 saturated carbocycles. The van der Waals surface area contributed by atoms with Gasteiger partial charge in [0.05, 0.1) is 19.0 Å². The Bertz CT molecular complexity index is 801. The van der Waals surface area contributed by atoms with Gasteiger partial charge in [0.2, 0.25) is 5.13 Å². The Morgan fingerprint density at radius 2 is 1.83 bits per heavy atom. The van der Waals surface area contributed by atoms with Gasteiger partial charge in [-0.3, -0.25) is 5.43 Å². The Morgan fingerprint density at radius 1 is 1.12 bits per heavy atom. The van der Waals surface area contributed by atoms with Crippen LogP contribution in [-0.2, 0) is 0 Å². The van der Waals surface area contributed by atoms with E-state index in [0.717, 1.165) is 32.2 Å². The summed E-state index contributed by atoms with van der Waals surface area (Å²) in [5.41, 5.74) is 5.96. The molecule has 0 radical (unpaired) electrons. The Kier molecular flexibility index (Phi) is 6.96. The van der Waals surface area contributed by atoms with Gasteiger partial charge in [-0.15, -0.1) is 28.3 Å². The maximum Gasteiger partial charge on any atom is 0.203 e. The van der Waals surface area contributed by atoms with Crippen LogP contribution in [0.15, 0.2) is 63.5 Å². The van der Waals surface area contributed by atoms with Gasteiger partial charge >= 0.3 is 0 Å². The summed E-state index contributed by atoms with van der Waals surface area (Å²) in [5, 5.41) is 6.98. The molecule has 0 saturated heterocycles. The molecule has 1 N–H and O–H groups in total. The lowest BCUT2D eigenvalue weighted by Crippen LogP contribution is -1.90. The lowest BCUT2D eigenvalue weighted by Gasteiger charge is -1.99. The molecule has 3 aromatic rings. The quantitative estimate of drug-likeness (QED) is 0.391. The summed E-state index contributed by atoms with van der Waals surface area (Å²) < 4.78 is 6.18. The monoisotopic (exact) mass is 467 g/mol. The van der Waals surface area contributed by atoms with Crippen molar-refractivity contribution in [2.75, 3.05) is 12.5 Å². The van der Waals surface area contributed by atoms with Gasteiger partial charge in [-0.05, 0) is 42.0 Å². The minimum Gasteiger partial charge on any atom is -0.497 e. The fourth-order valence-corrected chi connectivity index (χ4v) is 2.86. The number of hydrogen-bond acceptors (Lipinski definition) is 5. The highest BCUT2D eigenvalue weighted by molar-refractivity contribution is 9.10. The highest BCUT2D eigenvalue weighted by Gasteiger charge is 2.03. The smallest absolute Gasteiger partial charge is 0.203 e. The molecule has 0 fully saturated rings. The molecule has 0 atom stereocenters. The molecule has 0 unspecified atom stereocenters. The van der Waals surface area contributed by atoms with Crippen molar-refractivity contribution < 1.29 is 4.74 Å². The van der Waals surface area contributed by atoms with E-state index in [9.17, 15) is 0 Å². The minimum absolute atomic E-state index is 0. The van der Waals surface area contributed by atoms with Gasteiger partial charge in [-0.25, -0.2) is 4.98 Å². The van der Waals surface area contributed by atoms with Gasteiger partial charge in [0.15, 0.2) is 0 Å². The predicted octanol–water partition coefficient (Wildman–Crippen LogP) is 5.61. The van der Waals surface area contributed by atoms with Crippen molar-refractivity contribution in [2.45, 2.75) is 0 Å². The standard InChI is InChI=1S/C17H14BrN3OS.BrH/c1-22-15-8-2-12(3-9-15)10-19-21-17-20-16(11-23-17)13-4-6-14(18)7-5-13;/h2-11H,1H3,(H,20,21);1H/b19-10+;. The van der Waals surface area contributed by atoms with Gasteiger partial charge in [0.25, 0.3) is 0 Å². The van der Waals surface area contributed by atoms with Gasteiger partial charge < -0.3 is 4.74 Å². The van der Waals surface area contributed by atoms with Crippen LogP contribution < -0.4 is 10.2 Å². The van der Waals surface area contributed by atoms with Crippen LogP contribution in [0.3, 0.4) is 0 Å². The Labute approximate surface area is 163 Å². The summed E-state index contributed by atoms with van der Waals surface area (Å²) in [5.74, 6) is 0.828. The first-order chi connectivity index (χ1) is 11.2. The Balaban J connectivity index is 0.00000208. The molecule has 0 aliphatic rings. The number of nitrogens with one attached hydrogen (secondary N) is 1. The Hall–Kier alpha value is -1.70. The molecule has 0 amide bonds. The topological polar surface area (TPSA) is 46.5 Å². The summed E-state index contributed by atoms with van der Waals surface area (Å²) in [6, 6.07) is 15.8. The fraction of sp³-hybridized carbons (Fsp3) is 0.0588. The van der Waals surface area contributed by atoms with Crippen LogP contribution in [0, 0.1) is 0 Å². The van der Waals surface area contributed by atoms with Crippen LogP contribution in [0.2, 0.25) is 0 Å². The second-order valence-corrected chi connectivity index (χ2v) is 6.46. The summed E-state index contributed by atoms with van der Waals surface area (Å²) in [7, 11) is 1.65. The molecule has 0 aliphatic carbocycles. The number of halogens is 2. The number of aromatic nitrogens is 1. The van der Waals surface area contributed by atoms with Crippen molar-refractivity contribution in [3.63, 3.8) is 0 Å². The van der Waals surface area contributed by atoms with E-state index < -0.39 is 0 Å². The third kappa shape index (κ3) is 4.90. The zero-order valence-electron chi connectivity index (χ0n) is 12.8. The molecular weight excluding hydrogens is 454 g/mol. The zero-order valence-corrected chi connectivity index (χ0v) is 16.9. The lowest BCUT2D eigenvalue weighted by atomic mass is 10.2. The van der Waals surface area contributed by atoms with Crippen LogP contribution in [0.4, 0.5) is 5.13 Å². The van der Waals surface area contributed by atoms with Crippen molar-refractivity contribution in [3.8, 4) is 17.0 Å². The predicted molar refractivity (Wildman–Crippen MR) is 110 cm³/mol. The second-order valence-electron chi connectivity index (χ2n) is 4.69. The molecule has 0 aliphatic heterocycles. The van der Waals surface area contributed by atoms with Crippen molar-refractivity contribution >= 4 is 55.6 Å². The molecule has 4 nitrogen and oxygen atoms in total. The summed E-state index contributed by atoms with van der Waals surface area (Å²) >= 11 is 4.95. The third-order valence-electron chi connectivity index (χ3n) is 3.13. The highest BCUT2D eigenvalue weighted by Crippen LogP contribution is 2.26. The third-order valence-corrected chi connectivity index (χ3v) is 4.41. The van der Waals surface area contributed by atoms with Gasteiger partial charge in [-0.1, -0.05) is 28.1 Å². The molecule has 0 spiro atoms. The van der Waals surface area contributed by atoms with E-state index in [1.54, 1.807) is 13.3 Å². The van der Waals surface area contributed by atoms with Crippen LogP contribution in [0.1, 0.15) is 5.56 Å². The molecular formula is C17H15Br2N3OS. The first-order valence-corrected chi connectivity index (χ1v) is 8.56. The normalized spacial score (nSPS) is 10.4. The summed E-state index contributed by atoms with van der Waals surface area (Å²) in [6.45, 7) is 0. The molecule has 2 aromatic carbocycles. The van der Waals surface area contributed by atoms with Gasteiger partial charge in [0.1, 0.15) is 5.75 Å². The number of hydrazone groups is 1. The number of anilines is 1. The number of nitrogens with zero attached hydrogens (tertiary/aromatic N) is 2. The van der Waals surface area contributed by atoms with Crippen LogP contribution >= 0.6 is 44.2 Å². The number of methoxy groups -OCH3 is 1. The zero-order chi connectivity index (χ0) is 16.1. The number of hydrogen-bond donors (Lipinski definition) is 1. The van der Waals surface area contributed by atoms with Crippen molar-refractivity contribution in [1.29, 1.82) is 0 Å². The average Bonchev–Trinajstić information content (AvgIpc) is 3.05. The van der Waals surface area contributed by atoms with E-state index >= 15 is 0 Å². The highest BCUT2D eigenvalue weighted by atomic mass is 79.9. The van der Waals surface area contributed by atoms with E-state index in [1.165, 1.54) is 11.3 Å². The number of ether oxygens (including phenoxy) is 1. The average molecular weight is 469 g/mol. The first kappa shape index (κ1) is 18.6. The number of benzene rings is 2. The molecule has 124 valence electrons. The Morgan fingerprint density at radius 3 is 2.50 bits per heavy atom. The number of rotatable bonds is 5. The van der Waals surface area contributed by atoms with Crippen molar-refractivity contribution in [2.24, 2.45) is 5.10 Å². The molecule has 1 aromatic heterocycles. The molecule has 1 heterocycles. The van der Waals surface area contributed by atoms with E-state index in [2.05, 4.69) is 31.4 Å². The molecule has 7 heteroatoms. The molecule has 0 bridgehead atoms. The summed E-state index contributed by atoms with van der Waals surface area (Å²) in [4.78, 5) is 4.53. The van der Waals surface area contributed by atoms with Crippen molar-refractivity contribution in [1.82, 2.24) is 4.98 Å².